The fraction of sp³-hybridized carbons (Fsp3) is 0.250. The first-order valence-corrected chi connectivity index (χ1v) is 8.10. The average molecular weight is 364 g/mol. The second-order valence-corrected chi connectivity index (χ2v) is 6.59. The Kier molecular flexibility index (Phi) is 5.69. The molecule has 0 aliphatic heterocycles. The van der Waals surface area contributed by atoms with Crippen LogP contribution in [0, 0.1) is 0 Å². The quantitative estimate of drug-likeness (QED) is 0.761. The Labute approximate surface area is 140 Å². The smallest absolute Gasteiger partial charge is 0.294 e. The highest BCUT2D eigenvalue weighted by molar-refractivity contribution is 8.13. The highest BCUT2D eigenvalue weighted by Crippen LogP contribution is 2.26. The predicted octanol–water partition coefficient (Wildman–Crippen LogP) is 4.20. The van der Waals surface area contributed by atoms with Crippen LogP contribution >= 0.6 is 46.5 Å². The number of ether oxygens (including phenoxy) is 1. The molecule has 1 aromatic heterocycles. The zero-order valence-electron chi connectivity index (χ0n) is 11.2. The molecule has 5 nitrogen and oxygen atoms in total. The van der Waals surface area contributed by atoms with Gasteiger partial charge in [-0.25, -0.2) is 0 Å². The van der Waals surface area contributed by atoms with Crippen molar-refractivity contribution in [2.24, 2.45) is 0 Å². The third-order valence-electron chi connectivity index (χ3n) is 2.28. The maximum Gasteiger partial charge on any atom is 0.294 e. The monoisotopic (exact) mass is 363 g/mol. The molecular weight excluding hydrogens is 353 g/mol. The van der Waals surface area contributed by atoms with E-state index in [0.29, 0.717) is 27.0 Å². The van der Waals surface area contributed by atoms with Gasteiger partial charge >= 0.3 is 0 Å². The molecule has 21 heavy (non-hydrogen) atoms. The molecule has 0 bridgehead atoms. The molecule has 2 rings (SSSR count). The van der Waals surface area contributed by atoms with Gasteiger partial charge in [0, 0.05) is 37.4 Å². The van der Waals surface area contributed by atoms with Crippen LogP contribution in [0.15, 0.2) is 23.4 Å². The molecule has 1 heterocycles. The van der Waals surface area contributed by atoms with Crippen molar-refractivity contribution >= 4 is 51.7 Å². The van der Waals surface area contributed by atoms with Gasteiger partial charge in [-0.05, 0) is 17.7 Å². The second-order valence-electron chi connectivity index (χ2n) is 4.14. The molecule has 0 fully saturated rings. The van der Waals surface area contributed by atoms with Gasteiger partial charge in [-0.3, -0.25) is 4.79 Å². The summed E-state index contributed by atoms with van der Waals surface area (Å²) in [4.78, 5) is 17.1. The van der Waals surface area contributed by atoms with Crippen LogP contribution in [0.5, 0.6) is 5.19 Å². The number of aromatic nitrogens is 2. The third-order valence-corrected chi connectivity index (χ3v) is 4.67. The Balaban J connectivity index is 1.93. The maximum absolute atomic E-state index is 11.5. The number of hydrogen-bond donors (Lipinski definition) is 0. The first-order chi connectivity index (χ1) is 9.95. The lowest BCUT2D eigenvalue weighted by Crippen LogP contribution is -2.16. The van der Waals surface area contributed by atoms with Crippen LogP contribution in [0.3, 0.4) is 0 Å². The first kappa shape index (κ1) is 16.4. The lowest BCUT2D eigenvalue weighted by Gasteiger charge is -2.06. The summed E-state index contributed by atoms with van der Waals surface area (Å²) in [6, 6.07) is 5.26. The van der Waals surface area contributed by atoms with E-state index in [1.54, 1.807) is 26.2 Å². The van der Waals surface area contributed by atoms with Crippen molar-refractivity contribution in [2.45, 2.75) is 11.8 Å². The lowest BCUT2D eigenvalue weighted by molar-refractivity contribution is 0.241. The number of nitrogens with zero attached hydrogens (tertiary/aromatic N) is 3. The van der Waals surface area contributed by atoms with E-state index >= 15 is 0 Å². The second kappa shape index (κ2) is 7.31. The predicted molar refractivity (Wildman–Crippen MR) is 85.6 cm³/mol. The molecule has 0 saturated heterocycles. The third kappa shape index (κ3) is 4.74. The summed E-state index contributed by atoms with van der Waals surface area (Å²) in [5, 5.41) is 1.61. The van der Waals surface area contributed by atoms with E-state index < -0.39 is 0 Å². The van der Waals surface area contributed by atoms with Gasteiger partial charge in [-0.2, -0.15) is 9.36 Å². The zero-order valence-corrected chi connectivity index (χ0v) is 14.3. The fourth-order valence-electron chi connectivity index (χ4n) is 1.24. The van der Waals surface area contributed by atoms with Gasteiger partial charge in [0.1, 0.15) is 6.61 Å². The minimum Gasteiger partial charge on any atom is -0.464 e. The first-order valence-electron chi connectivity index (χ1n) is 5.75. The van der Waals surface area contributed by atoms with E-state index in [1.165, 1.54) is 4.90 Å². The molecule has 0 atom stereocenters. The summed E-state index contributed by atoms with van der Waals surface area (Å²) in [7, 11) is 3.34. The lowest BCUT2D eigenvalue weighted by atomic mass is 10.2. The minimum atomic E-state index is -0.135. The average Bonchev–Trinajstić information content (AvgIpc) is 2.87. The SMILES string of the molecule is CN(C)C(=O)Sc1nsc(OCc2ccc(Cl)c(Cl)c2)n1. The van der Waals surface area contributed by atoms with E-state index in [2.05, 4.69) is 9.36 Å². The fourth-order valence-corrected chi connectivity index (χ4v) is 2.78. The summed E-state index contributed by atoms with van der Waals surface area (Å²) >= 11 is 13.8. The number of thioether (sulfide) groups is 1. The van der Waals surface area contributed by atoms with E-state index in [9.17, 15) is 4.79 Å². The Morgan fingerprint density at radius 3 is 2.81 bits per heavy atom. The summed E-state index contributed by atoms with van der Waals surface area (Å²) in [6.45, 7) is 0.303. The largest absolute Gasteiger partial charge is 0.464 e. The van der Waals surface area contributed by atoms with Crippen LogP contribution in [0.4, 0.5) is 4.79 Å². The zero-order chi connectivity index (χ0) is 15.4. The van der Waals surface area contributed by atoms with E-state index in [-0.39, 0.29) is 5.24 Å². The molecule has 0 spiro atoms. The van der Waals surface area contributed by atoms with Crippen molar-refractivity contribution in [1.29, 1.82) is 0 Å². The van der Waals surface area contributed by atoms with Crippen molar-refractivity contribution in [3.63, 3.8) is 0 Å². The number of rotatable bonds is 4. The molecular formula is C12H11Cl2N3O2S2. The molecule has 0 radical (unpaired) electrons. The standard InChI is InChI=1S/C12H11Cl2N3O2S2/c1-17(2)12(18)20-10-15-11(21-16-10)19-6-7-3-4-8(13)9(14)5-7/h3-5H,6H2,1-2H3. The van der Waals surface area contributed by atoms with Gasteiger partial charge in [0.25, 0.3) is 10.4 Å². The normalized spacial score (nSPS) is 10.5. The van der Waals surface area contributed by atoms with Gasteiger partial charge in [0.2, 0.25) is 5.16 Å². The molecule has 1 amide bonds. The van der Waals surface area contributed by atoms with E-state index in [1.807, 2.05) is 6.07 Å². The molecule has 0 aliphatic rings. The summed E-state index contributed by atoms with van der Waals surface area (Å²) in [5.41, 5.74) is 0.873. The number of halogens is 2. The van der Waals surface area contributed by atoms with Crippen LogP contribution in [0.1, 0.15) is 5.56 Å². The van der Waals surface area contributed by atoms with Crippen molar-refractivity contribution in [3.8, 4) is 5.19 Å². The molecule has 0 saturated carbocycles. The van der Waals surface area contributed by atoms with Crippen LogP contribution in [-0.2, 0) is 6.61 Å². The van der Waals surface area contributed by atoms with Crippen LogP contribution < -0.4 is 4.74 Å². The Morgan fingerprint density at radius 2 is 2.14 bits per heavy atom. The summed E-state index contributed by atoms with van der Waals surface area (Å²) in [5.74, 6) is 0. The van der Waals surface area contributed by atoms with Crippen molar-refractivity contribution in [3.05, 3.63) is 33.8 Å². The van der Waals surface area contributed by atoms with Gasteiger partial charge in [-0.1, -0.05) is 29.3 Å². The van der Waals surface area contributed by atoms with Crippen LogP contribution in [0.25, 0.3) is 0 Å². The molecule has 112 valence electrons. The number of amides is 1. The van der Waals surface area contributed by atoms with Gasteiger partial charge < -0.3 is 9.64 Å². The number of hydrogen-bond acceptors (Lipinski definition) is 6. The molecule has 0 N–H and O–H groups in total. The highest BCUT2D eigenvalue weighted by Gasteiger charge is 2.12. The number of carbonyl (C=O) groups excluding carboxylic acids is 1. The van der Waals surface area contributed by atoms with Crippen molar-refractivity contribution in [2.75, 3.05) is 14.1 Å². The molecule has 1 aromatic carbocycles. The highest BCUT2D eigenvalue weighted by atomic mass is 35.5. The Morgan fingerprint density at radius 1 is 1.38 bits per heavy atom. The van der Waals surface area contributed by atoms with E-state index in [4.69, 9.17) is 27.9 Å². The maximum atomic E-state index is 11.5. The molecule has 0 unspecified atom stereocenters. The molecule has 0 aliphatic carbocycles. The van der Waals surface area contributed by atoms with Gasteiger partial charge in [-0.15, -0.1) is 0 Å². The van der Waals surface area contributed by atoms with Gasteiger partial charge in [0.05, 0.1) is 10.0 Å². The van der Waals surface area contributed by atoms with Crippen LogP contribution in [-0.4, -0.2) is 33.6 Å². The van der Waals surface area contributed by atoms with Crippen molar-refractivity contribution in [1.82, 2.24) is 14.3 Å². The number of carbonyl (C=O) groups is 1. The summed E-state index contributed by atoms with van der Waals surface area (Å²) in [6.07, 6.45) is 0. The minimum absolute atomic E-state index is 0.135. The Bertz CT molecular complexity index is 649. The van der Waals surface area contributed by atoms with E-state index in [0.717, 1.165) is 28.9 Å². The Hall–Kier alpha value is -1.02. The topological polar surface area (TPSA) is 55.3 Å². The van der Waals surface area contributed by atoms with Crippen molar-refractivity contribution < 1.29 is 9.53 Å². The summed E-state index contributed by atoms with van der Waals surface area (Å²) < 4.78 is 9.57. The number of benzene rings is 1. The van der Waals surface area contributed by atoms with Crippen LogP contribution in [0.2, 0.25) is 10.0 Å². The molecule has 9 heteroatoms. The van der Waals surface area contributed by atoms with Gasteiger partial charge in [0.15, 0.2) is 0 Å². The molecule has 2 aromatic rings.